The molecule has 21 heavy (non-hydrogen) atoms. The second-order valence-corrected chi connectivity index (χ2v) is 6.25. The molecule has 0 saturated heterocycles. The highest BCUT2D eigenvalue weighted by molar-refractivity contribution is 5.83. The number of carbonyl (C=O) groups excluding carboxylic acids is 1. The zero-order valence-corrected chi connectivity index (χ0v) is 12.1. The van der Waals surface area contributed by atoms with Gasteiger partial charge in [-0.1, -0.05) is 12.1 Å². The van der Waals surface area contributed by atoms with E-state index in [0.29, 0.717) is 12.6 Å². The highest BCUT2D eigenvalue weighted by Gasteiger charge is 2.48. The smallest absolute Gasteiger partial charge is 0.226 e. The zero-order valence-electron chi connectivity index (χ0n) is 12.1. The van der Waals surface area contributed by atoms with E-state index in [2.05, 4.69) is 6.07 Å². The molecule has 3 atom stereocenters. The standard InChI is InChI=1S/C17H19FN2O/c1-11(9-19)10-20(14-6-7-14)17(21)16-8-15(16)12-2-4-13(18)5-3-12/h2-5,11,14-16H,6-8,10H2,1H3/t11-,15+,16+/m1/s1. The number of hydrogen-bond donors (Lipinski definition) is 0. The summed E-state index contributed by atoms with van der Waals surface area (Å²) in [6.45, 7) is 2.39. The SMILES string of the molecule is C[C@H](C#N)CN(C(=O)[C@H]1C[C@H]1c1ccc(F)cc1)C1CC1. The Kier molecular flexibility index (Phi) is 3.67. The third kappa shape index (κ3) is 3.07. The van der Waals surface area contributed by atoms with Gasteiger partial charge in [-0.2, -0.15) is 5.26 Å². The molecule has 0 heterocycles. The number of benzene rings is 1. The van der Waals surface area contributed by atoms with E-state index < -0.39 is 0 Å². The number of carbonyl (C=O) groups is 1. The number of halogens is 1. The molecule has 2 aliphatic carbocycles. The van der Waals surface area contributed by atoms with E-state index in [4.69, 9.17) is 5.26 Å². The topological polar surface area (TPSA) is 44.1 Å². The van der Waals surface area contributed by atoms with Crippen molar-refractivity contribution in [1.29, 1.82) is 5.26 Å². The Morgan fingerprint density at radius 2 is 2.10 bits per heavy atom. The minimum absolute atomic E-state index is 0.0157. The highest BCUT2D eigenvalue weighted by atomic mass is 19.1. The Labute approximate surface area is 124 Å². The Hall–Kier alpha value is -1.89. The zero-order chi connectivity index (χ0) is 15.0. The van der Waals surface area contributed by atoms with Crippen molar-refractivity contribution in [1.82, 2.24) is 4.90 Å². The molecule has 110 valence electrons. The first-order chi connectivity index (χ1) is 10.1. The van der Waals surface area contributed by atoms with Crippen molar-refractivity contribution in [2.45, 2.75) is 38.1 Å². The van der Waals surface area contributed by atoms with Gasteiger partial charge in [0.2, 0.25) is 5.91 Å². The number of rotatable bonds is 5. The van der Waals surface area contributed by atoms with Crippen LogP contribution in [0, 0.1) is 29.0 Å². The van der Waals surface area contributed by atoms with Crippen LogP contribution >= 0.6 is 0 Å². The number of amides is 1. The Balaban J connectivity index is 1.65. The van der Waals surface area contributed by atoms with Crippen LogP contribution in [0.3, 0.4) is 0 Å². The van der Waals surface area contributed by atoms with Crippen molar-refractivity contribution in [2.75, 3.05) is 6.54 Å². The second kappa shape index (κ2) is 5.48. The minimum Gasteiger partial charge on any atom is -0.338 e. The van der Waals surface area contributed by atoms with Crippen LogP contribution in [-0.2, 0) is 4.79 Å². The fraction of sp³-hybridized carbons (Fsp3) is 0.529. The first kappa shape index (κ1) is 14.1. The van der Waals surface area contributed by atoms with Crippen LogP contribution in [0.1, 0.15) is 37.7 Å². The minimum atomic E-state index is -0.246. The van der Waals surface area contributed by atoms with E-state index in [-0.39, 0.29) is 29.5 Å². The van der Waals surface area contributed by atoms with Gasteiger partial charge in [0, 0.05) is 18.5 Å². The maximum atomic E-state index is 12.9. The summed E-state index contributed by atoms with van der Waals surface area (Å²) in [5, 5.41) is 8.95. The monoisotopic (exact) mass is 286 g/mol. The third-order valence-electron chi connectivity index (χ3n) is 4.37. The van der Waals surface area contributed by atoms with Crippen LogP contribution in [-0.4, -0.2) is 23.4 Å². The summed E-state index contributed by atoms with van der Waals surface area (Å²) < 4.78 is 12.9. The average molecular weight is 286 g/mol. The summed E-state index contributed by atoms with van der Waals surface area (Å²) in [5.41, 5.74) is 1.04. The van der Waals surface area contributed by atoms with Crippen LogP contribution < -0.4 is 0 Å². The normalized spacial score (nSPS) is 25.0. The summed E-state index contributed by atoms with van der Waals surface area (Å²) in [5.74, 6) is 0.0370. The van der Waals surface area contributed by atoms with Gasteiger partial charge in [0.15, 0.2) is 0 Å². The largest absolute Gasteiger partial charge is 0.338 e. The van der Waals surface area contributed by atoms with Crippen molar-refractivity contribution >= 4 is 5.91 Å². The van der Waals surface area contributed by atoms with Gasteiger partial charge in [-0.15, -0.1) is 0 Å². The fourth-order valence-corrected chi connectivity index (χ4v) is 2.90. The Morgan fingerprint density at radius 3 is 2.67 bits per heavy atom. The lowest BCUT2D eigenvalue weighted by molar-refractivity contribution is -0.133. The third-order valence-corrected chi connectivity index (χ3v) is 4.37. The first-order valence-electron chi connectivity index (χ1n) is 7.55. The summed E-state index contributed by atoms with van der Waals surface area (Å²) in [4.78, 5) is 14.5. The van der Waals surface area contributed by atoms with Gasteiger partial charge in [-0.05, 0) is 49.8 Å². The fourth-order valence-electron chi connectivity index (χ4n) is 2.90. The lowest BCUT2D eigenvalue weighted by atomic mass is 10.1. The Morgan fingerprint density at radius 1 is 1.43 bits per heavy atom. The summed E-state index contributed by atoms with van der Waals surface area (Å²) in [6.07, 6.45) is 2.95. The maximum Gasteiger partial charge on any atom is 0.226 e. The molecular weight excluding hydrogens is 267 g/mol. The predicted molar refractivity (Wildman–Crippen MR) is 76.8 cm³/mol. The Bertz CT molecular complexity index is 573. The quantitative estimate of drug-likeness (QED) is 0.835. The van der Waals surface area contributed by atoms with Gasteiger partial charge in [-0.3, -0.25) is 4.79 Å². The van der Waals surface area contributed by atoms with Crippen LogP contribution in [0.2, 0.25) is 0 Å². The average Bonchev–Trinajstić information content (AvgIpc) is 3.37. The van der Waals surface area contributed by atoms with Gasteiger partial charge in [0.1, 0.15) is 5.82 Å². The van der Waals surface area contributed by atoms with Crippen molar-refractivity contribution in [3.63, 3.8) is 0 Å². The maximum absolute atomic E-state index is 12.9. The van der Waals surface area contributed by atoms with Gasteiger partial charge < -0.3 is 4.90 Å². The van der Waals surface area contributed by atoms with E-state index in [9.17, 15) is 9.18 Å². The van der Waals surface area contributed by atoms with Crippen LogP contribution in [0.25, 0.3) is 0 Å². The van der Waals surface area contributed by atoms with Crippen molar-refractivity contribution in [2.24, 2.45) is 11.8 Å². The summed E-state index contributed by atoms with van der Waals surface area (Å²) >= 11 is 0. The molecule has 1 aromatic carbocycles. The lowest BCUT2D eigenvalue weighted by Crippen LogP contribution is -2.37. The molecule has 3 nitrogen and oxygen atoms in total. The van der Waals surface area contributed by atoms with E-state index in [1.165, 1.54) is 12.1 Å². The number of nitrogens with zero attached hydrogens (tertiary/aromatic N) is 2. The van der Waals surface area contributed by atoms with Crippen molar-refractivity contribution < 1.29 is 9.18 Å². The van der Waals surface area contributed by atoms with Gasteiger partial charge in [0.05, 0.1) is 12.0 Å². The van der Waals surface area contributed by atoms with Gasteiger partial charge >= 0.3 is 0 Å². The summed E-state index contributed by atoms with van der Waals surface area (Å²) in [6, 6.07) is 8.98. The molecule has 0 spiro atoms. The molecule has 3 rings (SSSR count). The second-order valence-electron chi connectivity index (χ2n) is 6.25. The molecule has 1 amide bonds. The highest BCUT2D eigenvalue weighted by Crippen LogP contribution is 2.49. The molecular formula is C17H19FN2O. The molecule has 0 bridgehead atoms. The predicted octanol–water partition coefficient (Wildman–Crippen LogP) is 3.08. The first-order valence-corrected chi connectivity index (χ1v) is 7.55. The lowest BCUT2D eigenvalue weighted by Gasteiger charge is -2.23. The number of nitriles is 1. The van der Waals surface area contributed by atoms with E-state index in [1.54, 1.807) is 12.1 Å². The van der Waals surface area contributed by atoms with E-state index >= 15 is 0 Å². The van der Waals surface area contributed by atoms with Crippen LogP contribution in [0.4, 0.5) is 4.39 Å². The molecule has 1 aromatic rings. The molecule has 2 aliphatic rings. The molecule has 0 aliphatic heterocycles. The molecule has 2 saturated carbocycles. The van der Waals surface area contributed by atoms with Gasteiger partial charge in [0.25, 0.3) is 0 Å². The molecule has 0 unspecified atom stereocenters. The van der Waals surface area contributed by atoms with Crippen molar-refractivity contribution in [3.8, 4) is 6.07 Å². The van der Waals surface area contributed by atoms with Crippen LogP contribution in [0.5, 0.6) is 0 Å². The molecule has 0 radical (unpaired) electrons. The molecule has 2 fully saturated rings. The van der Waals surface area contributed by atoms with Crippen LogP contribution in [0.15, 0.2) is 24.3 Å². The number of hydrogen-bond acceptors (Lipinski definition) is 2. The van der Waals surface area contributed by atoms with E-state index in [1.807, 2.05) is 11.8 Å². The summed E-state index contributed by atoms with van der Waals surface area (Å²) in [7, 11) is 0. The molecule has 0 N–H and O–H groups in total. The molecule has 0 aromatic heterocycles. The van der Waals surface area contributed by atoms with Gasteiger partial charge in [-0.25, -0.2) is 4.39 Å². The van der Waals surface area contributed by atoms with E-state index in [0.717, 1.165) is 24.8 Å². The molecule has 4 heteroatoms. The van der Waals surface area contributed by atoms with Crippen molar-refractivity contribution in [3.05, 3.63) is 35.6 Å².